The molecule has 0 saturated heterocycles. The lowest BCUT2D eigenvalue weighted by molar-refractivity contribution is -0.141. The molecule has 0 spiro atoms. The van der Waals surface area contributed by atoms with Crippen molar-refractivity contribution in [3.8, 4) is 5.75 Å². The van der Waals surface area contributed by atoms with Crippen molar-refractivity contribution in [3.63, 3.8) is 0 Å². The third-order valence-electron chi connectivity index (χ3n) is 6.05. The molecule has 1 fully saturated rings. The van der Waals surface area contributed by atoms with E-state index in [0.717, 1.165) is 30.6 Å². The van der Waals surface area contributed by atoms with Gasteiger partial charge in [0.15, 0.2) is 0 Å². The van der Waals surface area contributed by atoms with E-state index in [2.05, 4.69) is 17.6 Å². The standard InChI is InChI=1S/C23H27N3O4/c1-15-10-12-16(13-11-15)24-21(27)23(29)19-8-3-4-9-20(19)25-22(28)26(23)17-6-5-7-18(14-17)30-2/h3-9,14-16,29H,10-13H2,1-2H3,(H,24,27)(H,25,28)/t15?,16?,23-/m1/s1. The lowest BCUT2D eigenvalue weighted by Gasteiger charge is -2.43. The van der Waals surface area contributed by atoms with Crippen molar-refractivity contribution in [2.24, 2.45) is 5.92 Å². The van der Waals surface area contributed by atoms with Crippen LogP contribution in [0.3, 0.4) is 0 Å². The molecule has 158 valence electrons. The molecule has 0 radical (unpaired) electrons. The Hall–Kier alpha value is -3.06. The fraction of sp³-hybridized carbons (Fsp3) is 0.391. The molecule has 0 bridgehead atoms. The second-order valence-corrected chi connectivity index (χ2v) is 8.12. The van der Waals surface area contributed by atoms with E-state index in [1.165, 1.54) is 7.11 Å². The highest BCUT2D eigenvalue weighted by molar-refractivity contribution is 6.11. The topological polar surface area (TPSA) is 90.9 Å². The number of ether oxygens (including phenoxy) is 1. The fourth-order valence-electron chi connectivity index (χ4n) is 4.30. The number of nitrogens with zero attached hydrogens (tertiary/aromatic N) is 1. The van der Waals surface area contributed by atoms with Crippen molar-refractivity contribution in [1.29, 1.82) is 0 Å². The molecule has 3 N–H and O–H groups in total. The molecule has 7 nitrogen and oxygen atoms in total. The van der Waals surface area contributed by atoms with Crippen molar-refractivity contribution >= 4 is 23.3 Å². The number of anilines is 2. The summed E-state index contributed by atoms with van der Waals surface area (Å²) in [6.45, 7) is 2.21. The Kier molecular flexibility index (Phi) is 5.39. The van der Waals surface area contributed by atoms with Crippen LogP contribution in [0.2, 0.25) is 0 Å². The minimum absolute atomic E-state index is 0.0259. The van der Waals surface area contributed by atoms with Crippen LogP contribution in [0.4, 0.5) is 16.2 Å². The summed E-state index contributed by atoms with van der Waals surface area (Å²) in [7, 11) is 1.52. The number of urea groups is 1. The van der Waals surface area contributed by atoms with Crippen molar-refractivity contribution in [2.75, 3.05) is 17.3 Å². The fourth-order valence-corrected chi connectivity index (χ4v) is 4.30. The second-order valence-electron chi connectivity index (χ2n) is 8.12. The van der Waals surface area contributed by atoms with Gasteiger partial charge in [0.1, 0.15) is 5.75 Å². The summed E-state index contributed by atoms with van der Waals surface area (Å²) in [6, 6.07) is 12.9. The predicted molar refractivity (Wildman–Crippen MR) is 114 cm³/mol. The van der Waals surface area contributed by atoms with Gasteiger partial charge in [-0.25, -0.2) is 4.79 Å². The first kappa shape index (κ1) is 20.2. The summed E-state index contributed by atoms with van der Waals surface area (Å²) in [5.41, 5.74) is -1.09. The molecular weight excluding hydrogens is 382 g/mol. The number of hydrogen-bond acceptors (Lipinski definition) is 4. The molecule has 2 aromatic carbocycles. The van der Waals surface area contributed by atoms with Crippen LogP contribution in [0.25, 0.3) is 0 Å². The molecule has 3 amide bonds. The van der Waals surface area contributed by atoms with Crippen molar-refractivity contribution in [3.05, 3.63) is 54.1 Å². The number of rotatable bonds is 4. The van der Waals surface area contributed by atoms with E-state index in [4.69, 9.17) is 4.74 Å². The zero-order valence-electron chi connectivity index (χ0n) is 17.2. The summed E-state index contributed by atoms with van der Waals surface area (Å²) in [5, 5.41) is 17.6. The minimum atomic E-state index is -2.19. The highest BCUT2D eigenvalue weighted by Gasteiger charge is 2.52. The number of carbonyl (C=O) groups is 2. The van der Waals surface area contributed by atoms with Crippen LogP contribution in [-0.2, 0) is 10.5 Å². The van der Waals surface area contributed by atoms with Crippen molar-refractivity contribution < 1.29 is 19.4 Å². The van der Waals surface area contributed by atoms with E-state index in [-0.39, 0.29) is 6.04 Å². The first-order valence-electron chi connectivity index (χ1n) is 10.3. The Morgan fingerprint density at radius 1 is 1.17 bits per heavy atom. The van der Waals surface area contributed by atoms with E-state index in [0.29, 0.717) is 28.6 Å². The average molecular weight is 409 g/mol. The molecule has 4 rings (SSSR count). The minimum Gasteiger partial charge on any atom is -0.497 e. The second kappa shape index (κ2) is 7.99. The number of carbonyl (C=O) groups excluding carboxylic acids is 2. The molecule has 1 saturated carbocycles. The Morgan fingerprint density at radius 3 is 2.63 bits per heavy atom. The molecule has 1 atom stereocenters. The number of nitrogens with one attached hydrogen (secondary N) is 2. The Bertz CT molecular complexity index is 955. The summed E-state index contributed by atoms with van der Waals surface area (Å²) in [6.07, 6.45) is 3.77. The monoisotopic (exact) mass is 409 g/mol. The van der Waals surface area contributed by atoms with E-state index in [1.54, 1.807) is 48.5 Å². The molecule has 2 aromatic rings. The first-order chi connectivity index (χ1) is 14.4. The largest absolute Gasteiger partial charge is 0.497 e. The maximum atomic E-state index is 13.5. The van der Waals surface area contributed by atoms with Gasteiger partial charge in [0.25, 0.3) is 11.6 Å². The molecule has 1 heterocycles. The Labute approximate surface area is 176 Å². The molecule has 0 aromatic heterocycles. The molecule has 0 unspecified atom stereocenters. The van der Waals surface area contributed by atoms with E-state index >= 15 is 0 Å². The SMILES string of the molecule is COc1cccc(N2C(=O)Nc3ccccc3[C@@]2(O)C(=O)NC2CCC(C)CC2)c1. The normalized spacial score (nSPS) is 25.8. The smallest absolute Gasteiger partial charge is 0.329 e. The van der Waals surface area contributed by atoms with E-state index in [9.17, 15) is 14.7 Å². The number of methoxy groups -OCH3 is 1. The molecule has 30 heavy (non-hydrogen) atoms. The molecular formula is C23H27N3O4. The van der Waals surface area contributed by atoms with Gasteiger partial charge in [-0.2, -0.15) is 0 Å². The Balaban J connectivity index is 1.76. The van der Waals surface area contributed by atoms with Crippen LogP contribution >= 0.6 is 0 Å². The van der Waals surface area contributed by atoms with Gasteiger partial charge in [0.2, 0.25) is 0 Å². The van der Waals surface area contributed by atoms with Crippen LogP contribution in [-0.4, -0.2) is 30.2 Å². The first-order valence-corrected chi connectivity index (χ1v) is 10.3. The number of fused-ring (bicyclic) bond motifs is 1. The summed E-state index contributed by atoms with van der Waals surface area (Å²) >= 11 is 0. The number of amides is 3. The predicted octanol–water partition coefficient (Wildman–Crippen LogP) is 3.59. The van der Waals surface area contributed by atoms with Crippen LogP contribution in [0.5, 0.6) is 5.75 Å². The lowest BCUT2D eigenvalue weighted by atomic mass is 9.86. The third kappa shape index (κ3) is 3.50. The van der Waals surface area contributed by atoms with E-state index in [1.807, 2.05) is 0 Å². The average Bonchev–Trinajstić information content (AvgIpc) is 2.75. The van der Waals surface area contributed by atoms with Crippen molar-refractivity contribution in [2.45, 2.75) is 44.4 Å². The van der Waals surface area contributed by atoms with Crippen LogP contribution in [0.1, 0.15) is 38.2 Å². The lowest BCUT2D eigenvalue weighted by Crippen LogP contribution is -2.63. The highest BCUT2D eigenvalue weighted by Crippen LogP contribution is 2.40. The molecule has 7 heteroatoms. The quantitative estimate of drug-likeness (QED) is 0.720. The van der Waals surface area contributed by atoms with Crippen LogP contribution in [0.15, 0.2) is 48.5 Å². The maximum absolute atomic E-state index is 13.5. The van der Waals surface area contributed by atoms with E-state index < -0.39 is 17.7 Å². The van der Waals surface area contributed by atoms with Gasteiger partial charge in [-0.05, 0) is 49.8 Å². The summed E-state index contributed by atoms with van der Waals surface area (Å²) < 4.78 is 5.27. The van der Waals surface area contributed by atoms with Gasteiger partial charge in [0, 0.05) is 17.7 Å². The van der Waals surface area contributed by atoms with Gasteiger partial charge in [0.05, 0.1) is 18.5 Å². The highest BCUT2D eigenvalue weighted by atomic mass is 16.5. The Morgan fingerprint density at radius 2 is 1.90 bits per heavy atom. The van der Waals surface area contributed by atoms with Crippen molar-refractivity contribution in [1.82, 2.24) is 5.32 Å². The van der Waals surface area contributed by atoms with Gasteiger partial charge in [-0.1, -0.05) is 31.2 Å². The number of hydrogen-bond donors (Lipinski definition) is 3. The number of benzene rings is 2. The van der Waals surface area contributed by atoms with Gasteiger partial charge >= 0.3 is 6.03 Å². The maximum Gasteiger partial charge on any atom is 0.329 e. The summed E-state index contributed by atoms with van der Waals surface area (Å²) in [5.74, 6) is 0.547. The van der Waals surface area contributed by atoms with Gasteiger partial charge in [-0.15, -0.1) is 0 Å². The summed E-state index contributed by atoms with van der Waals surface area (Å²) in [4.78, 5) is 27.6. The molecule has 1 aliphatic carbocycles. The van der Waals surface area contributed by atoms with Gasteiger partial charge < -0.3 is 20.5 Å². The molecule has 1 aliphatic heterocycles. The molecule has 2 aliphatic rings. The van der Waals surface area contributed by atoms with Gasteiger partial charge in [-0.3, -0.25) is 9.69 Å². The van der Waals surface area contributed by atoms with Crippen LogP contribution < -0.4 is 20.3 Å². The number of aliphatic hydroxyl groups is 1. The zero-order valence-corrected chi connectivity index (χ0v) is 17.2. The third-order valence-corrected chi connectivity index (χ3v) is 6.05. The van der Waals surface area contributed by atoms with Crippen LogP contribution in [0, 0.1) is 5.92 Å². The zero-order chi connectivity index (χ0) is 21.3. The number of para-hydroxylation sites is 1.